The molecule has 1 atom stereocenters. The second kappa shape index (κ2) is 12.0. The number of benzene rings is 4. The predicted octanol–water partition coefficient (Wildman–Crippen LogP) is 5.36. The molecule has 0 bridgehead atoms. The molecule has 0 radical (unpaired) electrons. The maximum absolute atomic E-state index is 13.9. The van der Waals surface area contributed by atoms with E-state index in [2.05, 4.69) is 16.0 Å². The fourth-order valence-electron chi connectivity index (χ4n) is 4.48. The van der Waals surface area contributed by atoms with Crippen LogP contribution in [0.5, 0.6) is 11.5 Å². The van der Waals surface area contributed by atoms with Gasteiger partial charge < -0.3 is 25.4 Å². The molecule has 8 nitrogen and oxygen atoms in total. The number of ether oxygens (including phenoxy) is 2. The first kappa shape index (κ1) is 26.2. The summed E-state index contributed by atoms with van der Waals surface area (Å²) in [7, 11) is 1.48. The van der Waals surface area contributed by atoms with Crippen molar-refractivity contribution in [2.24, 2.45) is 0 Å². The quantitative estimate of drug-likeness (QED) is 0.251. The van der Waals surface area contributed by atoms with Gasteiger partial charge in [-0.25, -0.2) is 4.79 Å². The van der Waals surface area contributed by atoms with E-state index in [1.165, 1.54) is 7.11 Å². The summed E-state index contributed by atoms with van der Waals surface area (Å²) in [6, 6.07) is 31.1. The number of urea groups is 1. The molecular formula is C32H27N3O5. The molecule has 8 heteroatoms. The van der Waals surface area contributed by atoms with E-state index >= 15 is 0 Å². The van der Waals surface area contributed by atoms with Gasteiger partial charge in [0.1, 0.15) is 0 Å². The Morgan fingerprint density at radius 2 is 1.48 bits per heavy atom. The lowest BCUT2D eigenvalue weighted by Gasteiger charge is -2.30. The van der Waals surface area contributed by atoms with E-state index in [9.17, 15) is 14.4 Å². The Kier molecular flexibility index (Phi) is 7.87. The maximum atomic E-state index is 13.9. The minimum absolute atomic E-state index is 0.228. The van der Waals surface area contributed by atoms with Crippen molar-refractivity contribution >= 4 is 29.1 Å². The highest BCUT2D eigenvalue weighted by molar-refractivity contribution is 6.16. The number of carbonyl (C=O) groups excluding carboxylic acids is 3. The molecule has 5 rings (SSSR count). The molecule has 40 heavy (non-hydrogen) atoms. The number of amides is 3. The van der Waals surface area contributed by atoms with Crippen molar-refractivity contribution in [2.45, 2.75) is 6.04 Å². The van der Waals surface area contributed by atoms with Crippen LogP contribution in [0.25, 0.3) is 5.70 Å². The number of anilines is 1. The molecular weight excluding hydrogens is 506 g/mol. The first-order valence-electron chi connectivity index (χ1n) is 12.7. The number of hydrogen-bond acceptors (Lipinski definition) is 5. The molecule has 1 unspecified atom stereocenters. The predicted molar refractivity (Wildman–Crippen MR) is 152 cm³/mol. The number of rotatable bonds is 9. The zero-order chi connectivity index (χ0) is 27.9. The normalized spacial score (nSPS) is 14.5. The number of nitrogens with one attached hydrogen (secondary N) is 3. The summed E-state index contributed by atoms with van der Waals surface area (Å²) in [5, 5.41) is 8.50. The van der Waals surface area contributed by atoms with Gasteiger partial charge >= 0.3 is 6.03 Å². The smallest absolute Gasteiger partial charge is 0.320 e. The second-order valence-electron chi connectivity index (χ2n) is 8.99. The third-order valence-corrected chi connectivity index (χ3v) is 6.35. The average molecular weight is 534 g/mol. The van der Waals surface area contributed by atoms with Gasteiger partial charge in [-0.1, -0.05) is 84.9 Å². The minimum Gasteiger partial charge on any atom is -0.493 e. The standard InChI is InChI=1S/C32H27N3O5/c1-39-26-19-23(17-18-25(26)40-20-27(36)33-24-15-9-4-10-16-24)30-28(31(37)22-13-7-3-8-14-22)29(34-32(38)35-30)21-11-5-2-6-12-21/h2-19,30H,20H2,1H3,(H,33,36)(H2,34,35,38). The van der Waals surface area contributed by atoms with Crippen molar-refractivity contribution in [3.8, 4) is 11.5 Å². The van der Waals surface area contributed by atoms with Crippen LogP contribution in [0.3, 0.4) is 0 Å². The average Bonchev–Trinajstić information content (AvgIpc) is 3.00. The van der Waals surface area contributed by atoms with Gasteiger partial charge in [0.15, 0.2) is 23.9 Å². The van der Waals surface area contributed by atoms with Crippen LogP contribution in [0, 0.1) is 0 Å². The molecule has 4 aromatic carbocycles. The first-order chi connectivity index (χ1) is 19.5. The third-order valence-electron chi connectivity index (χ3n) is 6.35. The van der Waals surface area contributed by atoms with E-state index in [-0.39, 0.29) is 18.3 Å². The minimum atomic E-state index is -0.777. The van der Waals surface area contributed by atoms with Crippen molar-refractivity contribution in [3.05, 3.63) is 131 Å². The molecule has 3 amide bonds. The van der Waals surface area contributed by atoms with Crippen molar-refractivity contribution in [1.82, 2.24) is 10.6 Å². The Hall–Kier alpha value is -5.37. The Labute approximate surface area is 231 Å². The van der Waals surface area contributed by atoms with Crippen LogP contribution in [0.1, 0.15) is 27.5 Å². The fourth-order valence-corrected chi connectivity index (χ4v) is 4.48. The lowest BCUT2D eigenvalue weighted by Crippen LogP contribution is -2.45. The van der Waals surface area contributed by atoms with Gasteiger partial charge in [0.25, 0.3) is 5.91 Å². The Morgan fingerprint density at radius 1 is 0.825 bits per heavy atom. The molecule has 0 fully saturated rings. The summed E-state index contributed by atoms with van der Waals surface area (Å²) in [5.74, 6) is 0.145. The lowest BCUT2D eigenvalue weighted by atomic mass is 9.87. The maximum Gasteiger partial charge on any atom is 0.320 e. The van der Waals surface area contributed by atoms with Gasteiger partial charge in [-0.2, -0.15) is 0 Å². The van der Waals surface area contributed by atoms with E-state index in [1.807, 2.05) is 54.6 Å². The molecule has 0 aliphatic carbocycles. The third kappa shape index (κ3) is 5.86. The summed E-state index contributed by atoms with van der Waals surface area (Å²) in [6.45, 7) is -0.232. The molecule has 1 aliphatic heterocycles. The van der Waals surface area contributed by atoms with Crippen LogP contribution < -0.4 is 25.4 Å². The molecule has 0 spiro atoms. The number of methoxy groups -OCH3 is 1. The molecule has 3 N–H and O–H groups in total. The topological polar surface area (TPSA) is 106 Å². The van der Waals surface area contributed by atoms with Crippen LogP contribution in [0.2, 0.25) is 0 Å². The van der Waals surface area contributed by atoms with Crippen LogP contribution in [-0.4, -0.2) is 31.4 Å². The Balaban J connectivity index is 1.47. The molecule has 1 aliphatic rings. The monoisotopic (exact) mass is 533 g/mol. The summed E-state index contributed by atoms with van der Waals surface area (Å²) in [4.78, 5) is 39.1. The number of ketones is 1. The Bertz CT molecular complexity index is 1550. The highest BCUT2D eigenvalue weighted by atomic mass is 16.5. The molecule has 200 valence electrons. The second-order valence-corrected chi connectivity index (χ2v) is 8.99. The molecule has 0 saturated heterocycles. The first-order valence-corrected chi connectivity index (χ1v) is 12.7. The van der Waals surface area contributed by atoms with Gasteiger partial charge in [-0.05, 0) is 35.4 Å². The van der Waals surface area contributed by atoms with E-state index in [1.54, 1.807) is 54.6 Å². The van der Waals surface area contributed by atoms with E-state index in [0.29, 0.717) is 45.1 Å². The van der Waals surface area contributed by atoms with Crippen LogP contribution in [0.15, 0.2) is 115 Å². The molecule has 0 saturated carbocycles. The van der Waals surface area contributed by atoms with Crippen molar-refractivity contribution in [1.29, 1.82) is 0 Å². The molecule has 1 heterocycles. The van der Waals surface area contributed by atoms with Crippen LogP contribution in [-0.2, 0) is 4.79 Å². The number of hydrogen-bond donors (Lipinski definition) is 3. The molecule has 4 aromatic rings. The van der Waals surface area contributed by atoms with Gasteiger partial charge in [0.05, 0.1) is 24.4 Å². The van der Waals surface area contributed by atoms with E-state index < -0.39 is 12.1 Å². The highest BCUT2D eigenvalue weighted by Crippen LogP contribution is 2.37. The molecule has 0 aromatic heterocycles. The largest absolute Gasteiger partial charge is 0.493 e. The van der Waals surface area contributed by atoms with Crippen LogP contribution in [0.4, 0.5) is 10.5 Å². The van der Waals surface area contributed by atoms with Crippen LogP contribution >= 0.6 is 0 Å². The van der Waals surface area contributed by atoms with E-state index in [0.717, 1.165) is 0 Å². The summed E-state index contributed by atoms with van der Waals surface area (Å²) < 4.78 is 11.3. The van der Waals surface area contributed by atoms with Gasteiger partial charge in [0, 0.05) is 11.3 Å². The van der Waals surface area contributed by atoms with E-state index in [4.69, 9.17) is 9.47 Å². The number of Topliss-reactive ketones (excluding diaryl/α,β-unsaturated/α-hetero) is 1. The number of para-hydroxylation sites is 1. The zero-order valence-corrected chi connectivity index (χ0v) is 21.7. The number of carbonyl (C=O) groups is 3. The van der Waals surface area contributed by atoms with Gasteiger partial charge in [0.2, 0.25) is 0 Å². The van der Waals surface area contributed by atoms with Crippen molar-refractivity contribution < 1.29 is 23.9 Å². The van der Waals surface area contributed by atoms with Gasteiger partial charge in [-0.3, -0.25) is 9.59 Å². The zero-order valence-electron chi connectivity index (χ0n) is 21.7. The fraction of sp³-hybridized carbons (Fsp3) is 0.0938. The summed E-state index contributed by atoms with van der Waals surface area (Å²) in [5.41, 5.74) is 3.29. The summed E-state index contributed by atoms with van der Waals surface area (Å²) in [6.07, 6.45) is 0. The summed E-state index contributed by atoms with van der Waals surface area (Å²) >= 11 is 0. The SMILES string of the molecule is COc1cc(C2NC(=O)NC(c3ccccc3)=C2C(=O)c2ccccc2)ccc1OCC(=O)Nc1ccccc1. The highest BCUT2D eigenvalue weighted by Gasteiger charge is 2.34. The van der Waals surface area contributed by atoms with Crippen molar-refractivity contribution in [3.63, 3.8) is 0 Å². The van der Waals surface area contributed by atoms with Crippen molar-refractivity contribution in [2.75, 3.05) is 19.0 Å². The lowest BCUT2D eigenvalue weighted by molar-refractivity contribution is -0.118. The van der Waals surface area contributed by atoms with Gasteiger partial charge in [-0.15, -0.1) is 0 Å². The Morgan fingerprint density at radius 3 is 2.15 bits per heavy atom.